The van der Waals surface area contributed by atoms with Crippen molar-refractivity contribution in [1.82, 2.24) is 15.5 Å². The molecule has 7 nitrogen and oxygen atoms in total. The molecule has 0 unspecified atom stereocenters. The first-order valence-corrected chi connectivity index (χ1v) is 8.51. The molecule has 0 saturated carbocycles. The van der Waals surface area contributed by atoms with Crippen LogP contribution in [0.1, 0.15) is 26.3 Å². The van der Waals surface area contributed by atoms with Crippen LogP contribution in [0.4, 0.5) is 4.79 Å². The molecular formula is C18H27N3O4. The van der Waals surface area contributed by atoms with Crippen LogP contribution in [0.5, 0.6) is 5.75 Å². The van der Waals surface area contributed by atoms with Gasteiger partial charge in [-0.25, -0.2) is 4.79 Å². The SMILES string of the molecule is CC(C)(C)OC(=O)N[C@@H](Cc1ccc(O)cc1)C(=O)N1CCNCC1. The molecule has 1 saturated heterocycles. The lowest BCUT2D eigenvalue weighted by Crippen LogP contribution is -2.55. The second kappa shape index (κ2) is 8.20. The number of piperazine rings is 1. The fraction of sp³-hybridized carbons (Fsp3) is 0.556. The van der Waals surface area contributed by atoms with E-state index >= 15 is 0 Å². The summed E-state index contributed by atoms with van der Waals surface area (Å²) in [5, 5.41) is 15.3. The number of alkyl carbamates (subject to hydrolysis) is 1. The third-order valence-electron chi connectivity index (χ3n) is 3.79. The van der Waals surface area contributed by atoms with Gasteiger partial charge in [0.05, 0.1) is 0 Å². The second-order valence-electron chi connectivity index (χ2n) is 7.14. The Morgan fingerprint density at radius 3 is 2.40 bits per heavy atom. The van der Waals surface area contributed by atoms with Gasteiger partial charge < -0.3 is 25.4 Å². The van der Waals surface area contributed by atoms with Crippen LogP contribution < -0.4 is 10.6 Å². The Balaban J connectivity index is 2.10. The summed E-state index contributed by atoms with van der Waals surface area (Å²) in [7, 11) is 0. The maximum absolute atomic E-state index is 12.8. The zero-order valence-corrected chi connectivity index (χ0v) is 15.0. The summed E-state index contributed by atoms with van der Waals surface area (Å²) in [6.45, 7) is 8.04. The lowest BCUT2D eigenvalue weighted by atomic mass is 10.0. The molecule has 1 aromatic rings. The molecule has 1 heterocycles. The topological polar surface area (TPSA) is 90.9 Å². The number of ether oxygens (including phenoxy) is 1. The number of nitrogens with zero attached hydrogens (tertiary/aromatic N) is 1. The standard InChI is InChI=1S/C18H27N3O4/c1-18(2,3)25-17(24)20-15(12-13-4-6-14(22)7-5-13)16(23)21-10-8-19-9-11-21/h4-7,15,19,22H,8-12H2,1-3H3,(H,20,24)/t15-/m0/s1. The highest BCUT2D eigenvalue weighted by atomic mass is 16.6. The van der Waals surface area contributed by atoms with Gasteiger partial charge in [-0.05, 0) is 38.5 Å². The van der Waals surface area contributed by atoms with Crippen LogP contribution in [-0.4, -0.2) is 59.8 Å². The molecule has 1 aromatic carbocycles. The number of benzene rings is 1. The van der Waals surface area contributed by atoms with Crippen molar-refractivity contribution in [3.05, 3.63) is 29.8 Å². The molecule has 1 fully saturated rings. The Kier molecular flexibility index (Phi) is 6.25. The molecule has 7 heteroatoms. The van der Waals surface area contributed by atoms with Crippen LogP contribution in [0.2, 0.25) is 0 Å². The molecule has 0 spiro atoms. The lowest BCUT2D eigenvalue weighted by Gasteiger charge is -2.31. The molecule has 1 atom stereocenters. The predicted octanol–water partition coefficient (Wildman–Crippen LogP) is 1.26. The molecule has 2 rings (SSSR count). The molecule has 0 bridgehead atoms. The Bertz CT molecular complexity index is 589. The first-order chi connectivity index (χ1) is 11.7. The van der Waals surface area contributed by atoms with Crippen LogP contribution >= 0.6 is 0 Å². The van der Waals surface area contributed by atoms with E-state index in [1.807, 2.05) is 0 Å². The van der Waals surface area contributed by atoms with E-state index in [4.69, 9.17) is 4.74 Å². The predicted molar refractivity (Wildman–Crippen MR) is 94.4 cm³/mol. The van der Waals surface area contributed by atoms with E-state index in [1.165, 1.54) is 0 Å². The molecule has 138 valence electrons. The minimum absolute atomic E-state index is 0.125. The third kappa shape index (κ3) is 6.26. The molecule has 3 N–H and O–H groups in total. The summed E-state index contributed by atoms with van der Waals surface area (Å²) in [5.74, 6) is 0.0364. The average molecular weight is 349 g/mol. The zero-order chi connectivity index (χ0) is 18.4. The number of rotatable bonds is 4. The fourth-order valence-electron chi connectivity index (χ4n) is 2.62. The zero-order valence-electron chi connectivity index (χ0n) is 15.0. The first kappa shape index (κ1) is 19.1. The molecular weight excluding hydrogens is 322 g/mol. The van der Waals surface area contributed by atoms with Gasteiger partial charge in [0, 0.05) is 32.6 Å². The highest BCUT2D eigenvalue weighted by Gasteiger charge is 2.29. The Morgan fingerprint density at radius 1 is 1.24 bits per heavy atom. The Morgan fingerprint density at radius 2 is 1.84 bits per heavy atom. The normalized spacial score (nSPS) is 16.2. The molecule has 2 amide bonds. The van der Waals surface area contributed by atoms with Crippen molar-refractivity contribution >= 4 is 12.0 Å². The number of hydrogen-bond acceptors (Lipinski definition) is 5. The van der Waals surface area contributed by atoms with Crippen molar-refractivity contribution in [2.75, 3.05) is 26.2 Å². The molecule has 0 aromatic heterocycles. The minimum atomic E-state index is -0.711. The van der Waals surface area contributed by atoms with E-state index in [1.54, 1.807) is 49.9 Å². The van der Waals surface area contributed by atoms with Gasteiger partial charge in [-0.1, -0.05) is 12.1 Å². The highest BCUT2D eigenvalue weighted by molar-refractivity contribution is 5.86. The van der Waals surface area contributed by atoms with Crippen LogP contribution in [0.15, 0.2) is 24.3 Å². The fourth-order valence-corrected chi connectivity index (χ4v) is 2.62. The van der Waals surface area contributed by atoms with E-state index in [0.717, 1.165) is 18.7 Å². The number of carbonyl (C=O) groups is 2. The summed E-state index contributed by atoms with van der Waals surface area (Å²) in [5.41, 5.74) is 0.216. The monoisotopic (exact) mass is 349 g/mol. The van der Waals surface area contributed by atoms with Gasteiger partial charge >= 0.3 is 6.09 Å². The number of hydrogen-bond donors (Lipinski definition) is 3. The molecule has 25 heavy (non-hydrogen) atoms. The largest absolute Gasteiger partial charge is 0.508 e. The van der Waals surface area contributed by atoms with E-state index in [0.29, 0.717) is 19.5 Å². The van der Waals surface area contributed by atoms with E-state index < -0.39 is 17.7 Å². The Labute approximate surface area is 148 Å². The molecule has 0 aliphatic carbocycles. The van der Waals surface area contributed by atoms with Crippen LogP contribution in [0.3, 0.4) is 0 Å². The van der Waals surface area contributed by atoms with E-state index in [-0.39, 0.29) is 11.7 Å². The number of amides is 2. The number of nitrogens with one attached hydrogen (secondary N) is 2. The lowest BCUT2D eigenvalue weighted by molar-refractivity contribution is -0.134. The highest BCUT2D eigenvalue weighted by Crippen LogP contribution is 2.13. The molecule has 1 aliphatic rings. The number of phenolic OH excluding ortho intramolecular Hbond substituents is 1. The summed E-state index contributed by atoms with van der Waals surface area (Å²) in [4.78, 5) is 26.7. The first-order valence-electron chi connectivity index (χ1n) is 8.51. The van der Waals surface area contributed by atoms with Gasteiger partial charge in [-0.2, -0.15) is 0 Å². The van der Waals surface area contributed by atoms with Crippen molar-refractivity contribution in [3.8, 4) is 5.75 Å². The molecule has 0 radical (unpaired) electrons. The van der Waals surface area contributed by atoms with Gasteiger partial charge in [0.2, 0.25) is 5.91 Å². The van der Waals surface area contributed by atoms with Crippen molar-refractivity contribution in [1.29, 1.82) is 0 Å². The summed E-state index contributed by atoms with van der Waals surface area (Å²) >= 11 is 0. The van der Waals surface area contributed by atoms with Crippen LogP contribution in [0, 0.1) is 0 Å². The van der Waals surface area contributed by atoms with Gasteiger partial charge in [0.25, 0.3) is 0 Å². The van der Waals surface area contributed by atoms with Crippen molar-refractivity contribution < 1.29 is 19.4 Å². The maximum atomic E-state index is 12.8. The quantitative estimate of drug-likeness (QED) is 0.761. The van der Waals surface area contributed by atoms with Crippen molar-refractivity contribution in [3.63, 3.8) is 0 Å². The van der Waals surface area contributed by atoms with Gasteiger partial charge in [0.15, 0.2) is 0 Å². The molecule has 1 aliphatic heterocycles. The van der Waals surface area contributed by atoms with E-state index in [9.17, 15) is 14.7 Å². The number of aromatic hydroxyl groups is 1. The maximum Gasteiger partial charge on any atom is 0.408 e. The van der Waals surface area contributed by atoms with E-state index in [2.05, 4.69) is 10.6 Å². The van der Waals surface area contributed by atoms with Gasteiger partial charge in [0.1, 0.15) is 17.4 Å². The van der Waals surface area contributed by atoms with Crippen molar-refractivity contribution in [2.45, 2.75) is 38.8 Å². The van der Waals surface area contributed by atoms with Gasteiger partial charge in [-0.15, -0.1) is 0 Å². The smallest absolute Gasteiger partial charge is 0.408 e. The Hall–Kier alpha value is -2.28. The number of phenols is 1. The average Bonchev–Trinajstić information content (AvgIpc) is 2.54. The minimum Gasteiger partial charge on any atom is -0.508 e. The van der Waals surface area contributed by atoms with Gasteiger partial charge in [-0.3, -0.25) is 4.79 Å². The second-order valence-corrected chi connectivity index (χ2v) is 7.14. The summed E-state index contributed by atoms with van der Waals surface area (Å²) in [6, 6.07) is 5.90. The van der Waals surface area contributed by atoms with Crippen LogP contribution in [-0.2, 0) is 16.0 Å². The van der Waals surface area contributed by atoms with Crippen LogP contribution in [0.25, 0.3) is 0 Å². The summed E-state index contributed by atoms with van der Waals surface area (Å²) in [6.07, 6.45) is -0.276. The third-order valence-corrected chi connectivity index (χ3v) is 3.79. The number of carbonyl (C=O) groups excluding carboxylic acids is 2. The van der Waals surface area contributed by atoms with Crippen molar-refractivity contribution in [2.24, 2.45) is 0 Å². The summed E-state index contributed by atoms with van der Waals surface area (Å²) < 4.78 is 5.29.